The summed E-state index contributed by atoms with van der Waals surface area (Å²) in [6, 6.07) is 6.30. The molecule has 27 heavy (non-hydrogen) atoms. The third-order valence-electron chi connectivity index (χ3n) is 4.84. The maximum Gasteiger partial charge on any atom is 0.314 e. The molecule has 2 heterocycles. The third-order valence-corrected chi connectivity index (χ3v) is 6.06. The largest absolute Gasteiger partial charge is 0.466 e. The van der Waals surface area contributed by atoms with E-state index < -0.39 is 0 Å². The number of likely N-dealkylation sites (tertiary alicyclic amines) is 1. The molecule has 8 heteroatoms. The van der Waals surface area contributed by atoms with Crippen molar-refractivity contribution in [3.63, 3.8) is 0 Å². The van der Waals surface area contributed by atoms with Gasteiger partial charge >= 0.3 is 5.97 Å². The van der Waals surface area contributed by atoms with Crippen LogP contribution in [0, 0.1) is 23.7 Å². The van der Waals surface area contributed by atoms with Crippen LogP contribution in [0.2, 0.25) is 0 Å². The van der Waals surface area contributed by atoms with E-state index in [0.717, 1.165) is 40.7 Å². The highest BCUT2D eigenvalue weighted by Gasteiger charge is 2.30. The van der Waals surface area contributed by atoms with Crippen LogP contribution in [0.1, 0.15) is 30.9 Å². The van der Waals surface area contributed by atoms with Gasteiger partial charge < -0.3 is 15.0 Å². The van der Waals surface area contributed by atoms with E-state index in [1.807, 2.05) is 11.6 Å². The van der Waals surface area contributed by atoms with Gasteiger partial charge in [-0.3, -0.25) is 4.79 Å². The first-order valence-corrected chi connectivity index (χ1v) is 10.6. The Kier molecular flexibility index (Phi) is 6.62. The predicted octanol–water partition coefficient (Wildman–Crippen LogP) is 2.85. The van der Waals surface area contributed by atoms with Crippen molar-refractivity contribution in [2.75, 3.05) is 25.0 Å². The zero-order chi connectivity index (χ0) is 19.4. The highest BCUT2D eigenvalue weighted by molar-refractivity contribution is 7.73. The van der Waals surface area contributed by atoms with Crippen LogP contribution in [0.3, 0.4) is 0 Å². The Morgan fingerprint density at radius 2 is 2.30 bits per heavy atom. The SMILES string of the molecule is CCOC(=O)[C@H]1CCC[NH+](Cn2nc(Nc3ccc(C)cc3C)sc2=S)C1. The lowest BCUT2D eigenvalue weighted by Crippen LogP contribution is -3.13. The molecule has 1 unspecified atom stereocenters. The molecule has 1 saturated heterocycles. The van der Waals surface area contributed by atoms with Crippen molar-refractivity contribution in [1.29, 1.82) is 0 Å². The van der Waals surface area contributed by atoms with Crippen LogP contribution < -0.4 is 10.2 Å². The minimum absolute atomic E-state index is 0.0192. The van der Waals surface area contributed by atoms with Gasteiger partial charge in [0.1, 0.15) is 5.92 Å². The first kappa shape index (κ1) is 20.0. The van der Waals surface area contributed by atoms with Gasteiger partial charge in [-0.1, -0.05) is 29.0 Å². The number of piperidine rings is 1. The highest BCUT2D eigenvalue weighted by atomic mass is 32.1. The first-order valence-electron chi connectivity index (χ1n) is 9.38. The average molecular weight is 408 g/mol. The maximum atomic E-state index is 12.0. The molecule has 1 aliphatic rings. The quantitative estimate of drug-likeness (QED) is 0.570. The number of anilines is 2. The van der Waals surface area contributed by atoms with Crippen molar-refractivity contribution in [3.8, 4) is 0 Å². The van der Waals surface area contributed by atoms with Gasteiger partial charge in [-0.05, 0) is 57.5 Å². The summed E-state index contributed by atoms with van der Waals surface area (Å²) in [5, 5.41) is 8.83. The van der Waals surface area contributed by atoms with Crippen molar-refractivity contribution in [1.82, 2.24) is 9.78 Å². The summed E-state index contributed by atoms with van der Waals surface area (Å²) in [5.74, 6) is -0.0944. The van der Waals surface area contributed by atoms with Gasteiger partial charge in [0.15, 0.2) is 10.6 Å². The number of hydrogen-bond acceptors (Lipinski definition) is 6. The second-order valence-corrected chi connectivity index (χ2v) is 8.69. The standard InChI is InChI=1S/C19H26N4O2S2/c1-4-25-17(24)15-6-5-9-22(11-15)12-23-19(26)27-18(21-23)20-16-8-7-13(2)10-14(16)3/h7-8,10,15H,4-6,9,11-12H2,1-3H3,(H,20,21)/p+1/t15-/m0/s1. The summed E-state index contributed by atoms with van der Waals surface area (Å²) < 4.78 is 7.80. The molecule has 1 aliphatic heterocycles. The van der Waals surface area contributed by atoms with Crippen molar-refractivity contribution >= 4 is 40.3 Å². The van der Waals surface area contributed by atoms with Crippen LogP contribution >= 0.6 is 23.6 Å². The number of carbonyl (C=O) groups excluding carboxylic acids is 1. The van der Waals surface area contributed by atoms with Crippen molar-refractivity contribution in [2.24, 2.45) is 5.92 Å². The van der Waals surface area contributed by atoms with Gasteiger partial charge in [0, 0.05) is 5.69 Å². The second kappa shape index (κ2) is 8.95. The molecule has 146 valence electrons. The zero-order valence-corrected chi connectivity index (χ0v) is 17.7. The number of quaternary nitrogens is 1. The minimum atomic E-state index is -0.0752. The molecule has 2 atom stereocenters. The van der Waals surface area contributed by atoms with Crippen LogP contribution in [-0.2, 0) is 16.2 Å². The van der Waals surface area contributed by atoms with Gasteiger partial charge in [-0.15, -0.1) is 5.10 Å². The molecule has 1 aromatic heterocycles. The number of aromatic nitrogens is 2. The number of aryl methyl sites for hydroxylation is 2. The Labute approximate surface area is 169 Å². The summed E-state index contributed by atoms with van der Waals surface area (Å²) in [6.45, 7) is 8.94. The normalized spacial score (nSPS) is 19.7. The van der Waals surface area contributed by atoms with E-state index in [1.54, 1.807) is 0 Å². The van der Waals surface area contributed by atoms with E-state index in [4.69, 9.17) is 17.0 Å². The van der Waals surface area contributed by atoms with Gasteiger partial charge in [-0.25, -0.2) is 0 Å². The Hall–Kier alpha value is -1.77. The number of hydrogen-bond donors (Lipinski definition) is 2. The number of nitrogens with zero attached hydrogens (tertiary/aromatic N) is 2. The van der Waals surface area contributed by atoms with E-state index in [9.17, 15) is 4.79 Å². The molecule has 6 nitrogen and oxygen atoms in total. The second-order valence-electron chi connectivity index (χ2n) is 7.07. The van der Waals surface area contributed by atoms with Crippen LogP contribution in [0.5, 0.6) is 0 Å². The Bertz CT molecular complexity index is 862. The Morgan fingerprint density at radius 1 is 1.48 bits per heavy atom. The van der Waals surface area contributed by atoms with Crippen molar-refractivity contribution < 1.29 is 14.4 Å². The molecule has 1 aromatic carbocycles. The number of benzene rings is 1. The topological polar surface area (TPSA) is 60.6 Å². The molecule has 0 bridgehead atoms. The molecule has 0 radical (unpaired) electrons. The van der Waals surface area contributed by atoms with Crippen molar-refractivity contribution in [2.45, 2.75) is 40.3 Å². The van der Waals surface area contributed by atoms with E-state index in [-0.39, 0.29) is 11.9 Å². The molecule has 0 amide bonds. The van der Waals surface area contributed by atoms with Gasteiger partial charge in [0.05, 0.1) is 19.7 Å². The molecule has 2 N–H and O–H groups in total. The van der Waals surface area contributed by atoms with E-state index in [1.165, 1.54) is 27.4 Å². The first-order chi connectivity index (χ1) is 13.0. The number of nitrogens with one attached hydrogen (secondary N) is 2. The maximum absolute atomic E-state index is 12.0. The van der Waals surface area contributed by atoms with E-state index in [0.29, 0.717) is 13.3 Å². The molecule has 0 spiro atoms. The van der Waals surface area contributed by atoms with Crippen LogP contribution in [0.4, 0.5) is 10.8 Å². The summed E-state index contributed by atoms with van der Waals surface area (Å²) in [7, 11) is 0. The fourth-order valence-corrected chi connectivity index (χ4v) is 4.51. The highest BCUT2D eigenvalue weighted by Crippen LogP contribution is 2.23. The van der Waals surface area contributed by atoms with E-state index in [2.05, 4.69) is 42.5 Å². The molecule has 0 aliphatic carbocycles. The Balaban J connectivity index is 1.66. The molecule has 1 fully saturated rings. The number of esters is 1. The van der Waals surface area contributed by atoms with Crippen LogP contribution in [-0.4, -0.2) is 35.4 Å². The lowest BCUT2D eigenvalue weighted by atomic mass is 9.99. The summed E-state index contributed by atoms with van der Waals surface area (Å²) in [5.41, 5.74) is 3.46. The third kappa shape index (κ3) is 5.15. The van der Waals surface area contributed by atoms with Crippen LogP contribution in [0.15, 0.2) is 18.2 Å². The molecule has 3 rings (SSSR count). The van der Waals surface area contributed by atoms with E-state index >= 15 is 0 Å². The smallest absolute Gasteiger partial charge is 0.314 e. The monoisotopic (exact) mass is 407 g/mol. The summed E-state index contributed by atoms with van der Waals surface area (Å²) >= 11 is 6.98. The molecule has 0 saturated carbocycles. The fraction of sp³-hybridized carbons (Fsp3) is 0.526. The molecular weight excluding hydrogens is 380 g/mol. The lowest BCUT2D eigenvalue weighted by Gasteiger charge is -2.28. The molecule has 2 aromatic rings. The van der Waals surface area contributed by atoms with Gasteiger partial charge in [-0.2, -0.15) is 4.68 Å². The Morgan fingerprint density at radius 3 is 3.04 bits per heavy atom. The number of ether oxygens (including phenoxy) is 1. The van der Waals surface area contributed by atoms with Gasteiger partial charge in [0.2, 0.25) is 5.13 Å². The molecular formula is C19H27N4O2S2+. The van der Waals surface area contributed by atoms with Gasteiger partial charge in [0.25, 0.3) is 0 Å². The average Bonchev–Trinajstić information content (AvgIpc) is 2.97. The predicted molar refractivity (Wildman–Crippen MR) is 110 cm³/mol. The van der Waals surface area contributed by atoms with Crippen molar-refractivity contribution in [3.05, 3.63) is 33.3 Å². The minimum Gasteiger partial charge on any atom is -0.466 e. The summed E-state index contributed by atoms with van der Waals surface area (Å²) in [6.07, 6.45) is 1.92. The summed E-state index contributed by atoms with van der Waals surface area (Å²) in [4.78, 5) is 13.4. The lowest BCUT2D eigenvalue weighted by molar-refractivity contribution is -0.930. The number of rotatable bonds is 6. The van der Waals surface area contributed by atoms with Crippen LogP contribution in [0.25, 0.3) is 0 Å². The number of carbonyl (C=O) groups is 1. The zero-order valence-electron chi connectivity index (χ0n) is 16.1. The fourth-order valence-electron chi connectivity index (χ4n) is 3.49.